The van der Waals surface area contributed by atoms with Gasteiger partial charge in [0.25, 0.3) is 5.91 Å². The molecule has 3 heterocycles. The number of aromatic nitrogens is 3. The van der Waals surface area contributed by atoms with Gasteiger partial charge in [0.05, 0.1) is 5.69 Å². The standard InChI is InChI=1S/C17H25N5O2/c1-13-11-15(24-19-13)17(23)22-7-4-5-14(12-22)16-18-6-8-21(16)10-9-20(2)3/h6,8,11,14H,4-5,7,9-10,12H2,1-3H3/t14-/m1/s1. The van der Waals surface area contributed by atoms with E-state index < -0.39 is 0 Å². The molecule has 24 heavy (non-hydrogen) atoms. The van der Waals surface area contributed by atoms with Crippen molar-refractivity contribution < 1.29 is 9.32 Å². The Morgan fingerprint density at radius 3 is 3.00 bits per heavy atom. The first-order valence-corrected chi connectivity index (χ1v) is 8.43. The first kappa shape index (κ1) is 16.7. The number of amides is 1. The monoisotopic (exact) mass is 331 g/mol. The van der Waals surface area contributed by atoms with Crippen LogP contribution < -0.4 is 0 Å². The molecule has 0 aromatic carbocycles. The zero-order valence-corrected chi connectivity index (χ0v) is 14.6. The van der Waals surface area contributed by atoms with Crippen molar-refractivity contribution in [1.29, 1.82) is 0 Å². The summed E-state index contributed by atoms with van der Waals surface area (Å²) in [6.07, 6.45) is 5.91. The molecule has 1 amide bonds. The number of rotatable bonds is 5. The number of likely N-dealkylation sites (N-methyl/N-ethyl adjacent to an activating group) is 1. The largest absolute Gasteiger partial charge is 0.351 e. The van der Waals surface area contributed by atoms with Gasteiger partial charge in [0.2, 0.25) is 5.76 Å². The van der Waals surface area contributed by atoms with Gasteiger partial charge in [-0.1, -0.05) is 5.16 Å². The van der Waals surface area contributed by atoms with Crippen LogP contribution in [0.15, 0.2) is 23.0 Å². The van der Waals surface area contributed by atoms with Crippen LogP contribution in [0, 0.1) is 6.92 Å². The lowest BCUT2D eigenvalue weighted by molar-refractivity contribution is 0.0661. The van der Waals surface area contributed by atoms with Crippen LogP contribution in [0.25, 0.3) is 0 Å². The average molecular weight is 331 g/mol. The summed E-state index contributed by atoms with van der Waals surface area (Å²) in [4.78, 5) is 21.2. The van der Waals surface area contributed by atoms with E-state index in [4.69, 9.17) is 4.52 Å². The number of likely N-dealkylation sites (tertiary alicyclic amines) is 1. The average Bonchev–Trinajstić information content (AvgIpc) is 3.21. The molecule has 3 rings (SSSR count). The maximum atomic E-state index is 12.6. The molecule has 7 heteroatoms. The minimum absolute atomic E-state index is 0.0771. The van der Waals surface area contributed by atoms with Crippen molar-refractivity contribution in [3.8, 4) is 0 Å². The quantitative estimate of drug-likeness (QED) is 0.835. The van der Waals surface area contributed by atoms with Gasteiger partial charge in [0, 0.05) is 50.6 Å². The van der Waals surface area contributed by atoms with E-state index in [9.17, 15) is 4.79 Å². The van der Waals surface area contributed by atoms with Crippen molar-refractivity contribution in [2.24, 2.45) is 0 Å². The highest BCUT2D eigenvalue weighted by Gasteiger charge is 2.29. The third kappa shape index (κ3) is 3.67. The van der Waals surface area contributed by atoms with Gasteiger partial charge in [-0.3, -0.25) is 4.79 Å². The summed E-state index contributed by atoms with van der Waals surface area (Å²) < 4.78 is 7.33. The number of imidazole rings is 1. The van der Waals surface area contributed by atoms with Gasteiger partial charge in [-0.25, -0.2) is 4.98 Å². The molecule has 0 spiro atoms. The van der Waals surface area contributed by atoms with Gasteiger partial charge in [-0.05, 0) is 33.9 Å². The fourth-order valence-corrected chi connectivity index (χ4v) is 3.17. The van der Waals surface area contributed by atoms with Crippen LogP contribution in [-0.2, 0) is 6.54 Å². The molecule has 0 saturated carbocycles. The summed E-state index contributed by atoms with van der Waals surface area (Å²) in [5.74, 6) is 1.59. The predicted octanol–water partition coefficient (Wildman–Crippen LogP) is 1.76. The molecule has 1 fully saturated rings. The molecule has 130 valence electrons. The normalized spacial score (nSPS) is 18.3. The molecule has 1 aliphatic heterocycles. The van der Waals surface area contributed by atoms with E-state index in [1.165, 1.54) is 0 Å². The molecule has 0 bridgehead atoms. The third-order valence-corrected chi connectivity index (χ3v) is 4.45. The van der Waals surface area contributed by atoms with Gasteiger partial charge in [-0.15, -0.1) is 0 Å². The summed E-state index contributed by atoms with van der Waals surface area (Å²) >= 11 is 0. The zero-order chi connectivity index (χ0) is 17.1. The molecule has 0 radical (unpaired) electrons. The zero-order valence-electron chi connectivity index (χ0n) is 14.6. The van der Waals surface area contributed by atoms with Crippen LogP contribution in [-0.4, -0.2) is 64.1 Å². The molecule has 1 aliphatic rings. The molecule has 0 aliphatic carbocycles. The Hall–Kier alpha value is -2.15. The molecule has 7 nitrogen and oxygen atoms in total. The van der Waals surface area contributed by atoms with Crippen molar-refractivity contribution in [2.45, 2.75) is 32.2 Å². The van der Waals surface area contributed by atoms with Crippen LogP contribution in [0.2, 0.25) is 0 Å². The van der Waals surface area contributed by atoms with Crippen LogP contribution in [0.1, 0.15) is 40.8 Å². The highest BCUT2D eigenvalue weighted by Crippen LogP contribution is 2.27. The molecule has 2 aromatic rings. The van der Waals surface area contributed by atoms with Crippen molar-refractivity contribution in [1.82, 2.24) is 24.5 Å². The topological polar surface area (TPSA) is 67.4 Å². The lowest BCUT2D eigenvalue weighted by atomic mass is 9.97. The number of hydrogen-bond acceptors (Lipinski definition) is 5. The summed E-state index contributed by atoms with van der Waals surface area (Å²) in [5.41, 5.74) is 0.728. The number of piperidine rings is 1. The minimum Gasteiger partial charge on any atom is -0.351 e. The van der Waals surface area contributed by atoms with Gasteiger partial charge >= 0.3 is 0 Å². The molecular weight excluding hydrogens is 306 g/mol. The highest BCUT2D eigenvalue weighted by atomic mass is 16.5. The SMILES string of the molecule is Cc1cc(C(=O)N2CCC[C@@H](c3nccn3CCN(C)C)C2)on1. The van der Waals surface area contributed by atoms with E-state index in [-0.39, 0.29) is 11.8 Å². The maximum Gasteiger partial charge on any atom is 0.292 e. The summed E-state index contributed by atoms with van der Waals surface area (Å²) in [6, 6.07) is 1.70. The minimum atomic E-state index is -0.0771. The molecular formula is C17H25N5O2. The first-order valence-electron chi connectivity index (χ1n) is 8.43. The Labute approximate surface area is 142 Å². The summed E-state index contributed by atoms with van der Waals surface area (Å²) in [5, 5.41) is 3.81. The Morgan fingerprint density at radius 1 is 1.46 bits per heavy atom. The van der Waals surface area contributed by atoms with Crippen molar-refractivity contribution >= 4 is 5.91 Å². The fraction of sp³-hybridized carbons (Fsp3) is 0.588. The molecule has 0 unspecified atom stereocenters. The lowest BCUT2D eigenvalue weighted by Crippen LogP contribution is -2.39. The molecule has 1 atom stereocenters. The molecule has 0 N–H and O–H groups in total. The van der Waals surface area contributed by atoms with E-state index in [0.717, 1.165) is 44.0 Å². The number of hydrogen-bond donors (Lipinski definition) is 0. The van der Waals surface area contributed by atoms with Crippen molar-refractivity contribution in [3.05, 3.63) is 35.7 Å². The number of aryl methyl sites for hydroxylation is 1. The first-order chi connectivity index (χ1) is 11.5. The highest BCUT2D eigenvalue weighted by molar-refractivity contribution is 5.91. The second kappa shape index (κ2) is 7.17. The molecule has 1 saturated heterocycles. The third-order valence-electron chi connectivity index (χ3n) is 4.45. The van der Waals surface area contributed by atoms with Crippen molar-refractivity contribution in [3.63, 3.8) is 0 Å². The second-order valence-corrected chi connectivity index (χ2v) is 6.70. The van der Waals surface area contributed by atoms with Gasteiger partial charge < -0.3 is 18.9 Å². The van der Waals surface area contributed by atoms with Gasteiger partial charge in [0.1, 0.15) is 5.82 Å². The Morgan fingerprint density at radius 2 is 2.29 bits per heavy atom. The van der Waals surface area contributed by atoms with E-state index in [1.807, 2.05) is 24.2 Å². The summed E-state index contributed by atoms with van der Waals surface area (Å²) in [7, 11) is 4.13. The van der Waals surface area contributed by atoms with Crippen LogP contribution >= 0.6 is 0 Å². The number of carbonyl (C=O) groups is 1. The second-order valence-electron chi connectivity index (χ2n) is 6.70. The maximum absolute atomic E-state index is 12.6. The van der Waals surface area contributed by atoms with E-state index in [1.54, 1.807) is 6.07 Å². The Balaban J connectivity index is 1.70. The predicted molar refractivity (Wildman–Crippen MR) is 89.9 cm³/mol. The number of carbonyl (C=O) groups excluding carboxylic acids is 1. The Kier molecular flexibility index (Phi) is 4.99. The van der Waals surface area contributed by atoms with Crippen LogP contribution in [0.3, 0.4) is 0 Å². The van der Waals surface area contributed by atoms with Crippen molar-refractivity contribution in [2.75, 3.05) is 33.7 Å². The van der Waals surface area contributed by atoms with Gasteiger partial charge in [-0.2, -0.15) is 0 Å². The molecule has 2 aromatic heterocycles. The van der Waals surface area contributed by atoms with Crippen LogP contribution in [0.5, 0.6) is 0 Å². The Bertz CT molecular complexity index is 691. The lowest BCUT2D eigenvalue weighted by Gasteiger charge is -2.32. The fourth-order valence-electron chi connectivity index (χ4n) is 3.17. The van der Waals surface area contributed by atoms with E-state index in [2.05, 4.69) is 33.7 Å². The van der Waals surface area contributed by atoms with Gasteiger partial charge in [0.15, 0.2) is 0 Å². The van der Waals surface area contributed by atoms with E-state index in [0.29, 0.717) is 12.3 Å². The smallest absolute Gasteiger partial charge is 0.292 e. The number of nitrogens with zero attached hydrogens (tertiary/aromatic N) is 5. The van der Waals surface area contributed by atoms with E-state index >= 15 is 0 Å². The summed E-state index contributed by atoms with van der Waals surface area (Å²) in [6.45, 7) is 5.13. The van der Waals surface area contributed by atoms with Crippen LogP contribution in [0.4, 0.5) is 0 Å².